The lowest BCUT2D eigenvalue weighted by molar-refractivity contribution is -0.138. The number of nitrogens with one attached hydrogen (secondary N) is 1. The Hall–Kier alpha value is -0.740. The van der Waals surface area contributed by atoms with Gasteiger partial charge in [-0.1, -0.05) is 15.9 Å². The Balaban J connectivity index is 0.00000112. The molecule has 0 bridgehead atoms. The van der Waals surface area contributed by atoms with Crippen LogP contribution >= 0.6 is 28.3 Å². The molecule has 0 saturated carbocycles. The predicted octanol–water partition coefficient (Wildman–Crippen LogP) is 2.68. The van der Waals surface area contributed by atoms with Gasteiger partial charge in [-0.25, -0.2) is 4.79 Å². The summed E-state index contributed by atoms with van der Waals surface area (Å²) in [5, 5.41) is 11.8. The van der Waals surface area contributed by atoms with Crippen molar-refractivity contribution in [2.75, 3.05) is 5.32 Å². The number of carboxylic acids is 1. The maximum Gasteiger partial charge on any atom is 0.326 e. The van der Waals surface area contributed by atoms with E-state index in [1.165, 1.54) is 5.56 Å². The molecule has 1 aromatic rings. The van der Waals surface area contributed by atoms with E-state index < -0.39 is 12.0 Å². The maximum atomic E-state index is 10.8. The van der Waals surface area contributed by atoms with Crippen LogP contribution in [0.3, 0.4) is 0 Å². The smallest absolute Gasteiger partial charge is 0.326 e. The lowest BCUT2D eigenvalue weighted by Crippen LogP contribution is -2.33. The summed E-state index contributed by atoms with van der Waals surface area (Å²) >= 11 is 3.39. The van der Waals surface area contributed by atoms with E-state index >= 15 is 0 Å². The third kappa shape index (κ3) is 2.63. The van der Waals surface area contributed by atoms with Gasteiger partial charge >= 0.3 is 5.97 Å². The fourth-order valence-electron chi connectivity index (χ4n) is 1.65. The fraction of sp³-hybridized carbons (Fsp3) is 0.300. The Morgan fingerprint density at radius 2 is 2.27 bits per heavy atom. The number of aliphatic carboxylic acids is 1. The number of anilines is 1. The summed E-state index contributed by atoms with van der Waals surface area (Å²) in [6.07, 6.45) is 1.47. The van der Waals surface area contributed by atoms with Gasteiger partial charge in [-0.2, -0.15) is 0 Å². The highest BCUT2D eigenvalue weighted by atomic mass is 79.9. The Morgan fingerprint density at radius 3 is 2.93 bits per heavy atom. The highest BCUT2D eigenvalue weighted by Crippen LogP contribution is 2.27. The van der Waals surface area contributed by atoms with Gasteiger partial charge in [-0.05, 0) is 36.6 Å². The SMILES string of the molecule is Cl.O=C(O)C1CCc2cc(Br)ccc2N1. The first-order valence-corrected chi connectivity index (χ1v) is 5.24. The quantitative estimate of drug-likeness (QED) is 0.837. The van der Waals surface area contributed by atoms with E-state index in [4.69, 9.17) is 5.11 Å². The van der Waals surface area contributed by atoms with Crippen LogP contribution in [0.15, 0.2) is 22.7 Å². The Kier molecular flexibility index (Phi) is 3.99. The zero-order chi connectivity index (χ0) is 10.1. The molecule has 1 unspecified atom stereocenters. The van der Waals surface area contributed by atoms with Crippen LogP contribution in [-0.2, 0) is 11.2 Å². The minimum Gasteiger partial charge on any atom is -0.480 e. The van der Waals surface area contributed by atoms with Crippen molar-refractivity contribution in [2.24, 2.45) is 0 Å². The van der Waals surface area contributed by atoms with Crippen LogP contribution in [-0.4, -0.2) is 17.1 Å². The van der Waals surface area contributed by atoms with Crippen molar-refractivity contribution in [3.63, 3.8) is 0 Å². The molecule has 0 aromatic heterocycles. The first kappa shape index (κ1) is 12.3. The lowest BCUT2D eigenvalue weighted by Gasteiger charge is -2.23. The molecule has 5 heteroatoms. The molecule has 0 saturated heterocycles. The second-order valence-electron chi connectivity index (χ2n) is 3.38. The molecular weight excluding hydrogens is 281 g/mol. The highest BCUT2D eigenvalue weighted by molar-refractivity contribution is 9.10. The first-order chi connectivity index (χ1) is 6.66. The van der Waals surface area contributed by atoms with Crippen LogP contribution in [0, 0.1) is 0 Å². The van der Waals surface area contributed by atoms with E-state index in [0.717, 1.165) is 16.6 Å². The van der Waals surface area contributed by atoms with Crippen LogP contribution in [0.2, 0.25) is 0 Å². The van der Waals surface area contributed by atoms with Gasteiger partial charge < -0.3 is 10.4 Å². The predicted molar refractivity (Wildman–Crippen MR) is 64.8 cm³/mol. The average molecular weight is 293 g/mol. The molecule has 1 aliphatic heterocycles. The monoisotopic (exact) mass is 291 g/mol. The molecule has 2 N–H and O–H groups in total. The van der Waals surface area contributed by atoms with E-state index in [1.807, 2.05) is 18.2 Å². The number of aryl methyl sites for hydroxylation is 1. The molecule has 3 nitrogen and oxygen atoms in total. The Bertz CT molecular complexity index is 384. The standard InChI is InChI=1S/C10H10BrNO2.ClH/c11-7-2-4-8-6(5-7)1-3-9(12-8)10(13)14;/h2,4-5,9,12H,1,3H2,(H,13,14);1H. The number of halogens is 2. The van der Waals surface area contributed by atoms with E-state index in [9.17, 15) is 4.79 Å². The van der Waals surface area contributed by atoms with Crippen LogP contribution in [0.5, 0.6) is 0 Å². The molecule has 0 aliphatic carbocycles. The third-order valence-electron chi connectivity index (χ3n) is 2.40. The first-order valence-electron chi connectivity index (χ1n) is 4.44. The summed E-state index contributed by atoms with van der Waals surface area (Å²) in [4.78, 5) is 10.8. The highest BCUT2D eigenvalue weighted by Gasteiger charge is 2.22. The molecule has 1 aromatic carbocycles. The van der Waals surface area contributed by atoms with Crippen LogP contribution in [0.25, 0.3) is 0 Å². The number of carboxylic acid groups (broad SMARTS) is 1. The summed E-state index contributed by atoms with van der Waals surface area (Å²) in [5.74, 6) is -0.779. The molecule has 1 atom stereocenters. The molecule has 0 spiro atoms. The van der Waals surface area contributed by atoms with Crippen LogP contribution in [0.4, 0.5) is 5.69 Å². The number of hydrogen-bond acceptors (Lipinski definition) is 2. The number of fused-ring (bicyclic) bond motifs is 1. The lowest BCUT2D eigenvalue weighted by atomic mass is 9.98. The maximum absolute atomic E-state index is 10.8. The van der Waals surface area contributed by atoms with E-state index in [2.05, 4.69) is 21.2 Å². The second-order valence-corrected chi connectivity index (χ2v) is 4.29. The average Bonchev–Trinajstić information content (AvgIpc) is 2.16. The molecule has 1 aliphatic rings. The Morgan fingerprint density at radius 1 is 1.53 bits per heavy atom. The van der Waals surface area contributed by atoms with E-state index in [0.29, 0.717) is 6.42 Å². The summed E-state index contributed by atoms with van der Waals surface area (Å²) in [6, 6.07) is 5.41. The van der Waals surface area contributed by atoms with Crippen molar-refractivity contribution in [3.8, 4) is 0 Å². The number of rotatable bonds is 1. The molecule has 15 heavy (non-hydrogen) atoms. The minimum absolute atomic E-state index is 0. The van der Waals surface area contributed by atoms with Gasteiger partial charge in [-0.3, -0.25) is 0 Å². The molecule has 2 rings (SSSR count). The van der Waals surface area contributed by atoms with E-state index in [1.54, 1.807) is 0 Å². The summed E-state index contributed by atoms with van der Waals surface area (Å²) in [6.45, 7) is 0. The van der Waals surface area contributed by atoms with Gasteiger partial charge in [0.2, 0.25) is 0 Å². The van der Waals surface area contributed by atoms with Gasteiger partial charge in [0.05, 0.1) is 0 Å². The Labute approximate surface area is 102 Å². The minimum atomic E-state index is -0.779. The van der Waals surface area contributed by atoms with Gasteiger partial charge in [-0.15, -0.1) is 12.4 Å². The fourth-order valence-corrected chi connectivity index (χ4v) is 2.06. The molecular formula is C10H11BrClNO2. The van der Waals surface area contributed by atoms with Crippen molar-refractivity contribution in [3.05, 3.63) is 28.2 Å². The van der Waals surface area contributed by atoms with Gasteiger partial charge in [0.25, 0.3) is 0 Å². The number of carbonyl (C=O) groups is 1. The van der Waals surface area contributed by atoms with Crippen LogP contribution < -0.4 is 5.32 Å². The zero-order valence-corrected chi connectivity index (χ0v) is 10.3. The largest absolute Gasteiger partial charge is 0.480 e. The van der Waals surface area contributed by atoms with Crippen molar-refractivity contribution in [1.29, 1.82) is 0 Å². The summed E-state index contributed by atoms with van der Waals surface area (Å²) < 4.78 is 1.03. The molecule has 0 fully saturated rings. The molecule has 0 amide bonds. The number of hydrogen-bond donors (Lipinski definition) is 2. The molecule has 0 radical (unpaired) electrons. The van der Waals surface area contributed by atoms with Crippen molar-refractivity contribution in [1.82, 2.24) is 0 Å². The van der Waals surface area contributed by atoms with E-state index in [-0.39, 0.29) is 12.4 Å². The van der Waals surface area contributed by atoms with Gasteiger partial charge in [0.1, 0.15) is 6.04 Å². The zero-order valence-electron chi connectivity index (χ0n) is 7.87. The second kappa shape index (κ2) is 4.86. The summed E-state index contributed by atoms with van der Waals surface area (Å²) in [5.41, 5.74) is 2.11. The molecule has 1 heterocycles. The van der Waals surface area contributed by atoms with Crippen molar-refractivity contribution in [2.45, 2.75) is 18.9 Å². The summed E-state index contributed by atoms with van der Waals surface area (Å²) in [7, 11) is 0. The number of benzene rings is 1. The van der Waals surface area contributed by atoms with Crippen molar-refractivity contribution >= 4 is 40.0 Å². The topological polar surface area (TPSA) is 49.3 Å². The third-order valence-corrected chi connectivity index (χ3v) is 2.89. The van der Waals surface area contributed by atoms with Gasteiger partial charge in [0, 0.05) is 10.2 Å². The van der Waals surface area contributed by atoms with Gasteiger partial charge in [0.15, 0.2) is 0 Å². The normalized spacial score (nSPS) is 18.3. The van der Waals surface area contributed by atoms with Crippen molar-refractivity contribution < 1.29 is 9.90 Å². The van der Waals surface area contributed by atoms with Crippen LogP contribution in [0.1, 0.15) is 12.0 Å². The molecule has 82 valence electrons.